The molecule has 14 nitrogen and oxygen atoms in total. The predicted octanol–water partition coefficient (Wildman–Crippen LogP) is 1.16. The van der Waals surface area contributed by atoms with Crippen molar-refractivity contribution >= 4 is 38.1 Å². The molecule has 208 valence electrons. The van der Waals surface area contributed by atoms with Crippen LogP contribution in [-0.2, 0) is 25.1 Å². The minimum atomic E-state index is -4.10. The van der Waals surface area contributed by atoms with E-state index in [1.165, 1.54) is 59.7 Å². The summed E-state index contributed by atoms with van der Waals surface area (Å²) in [6.07, 6.45) is -0.513. The highest BCUT2D eigenvalue weighted by Gasteiger charge is 2.33. The van der Waals surface area contributed by atoms with E-state index in [0.29, 0.717) is 0 Å². The average Bonchev–Trinajstić information content (AvgIpc) is 2.83. The van der Waals surface area contributed by atoms with Crippen LogP contribution in [0.2, 0.25) is 0 Å². The minimum absolute atomic E-state index is 0.0500. The van der Waals surface area contributed by atoms with Crippen LogP contribution in [0.15, 0.2) is 41.4 Å². The Labute approximate surface area is 221 Å². The summed E-state index contributed by atoms with van der Waals surface area (Å²) >= 11 is 0. The molecule has 0 saturated carbocycles. The molecular formula is C22H30N6O8S2. The first kappa shape index (κ1) is 29.2. The first-order chi connectivity index (χ1) is 17.6. The summed E-state index contributed by atoms with van der Waals surface area (Å²) in [6.45, 7) is 5.65. The van der Waals surface area contributed by atoms with Crippen LogP contribution in [0.1, 0.15) is 31.1 Å². The van der Waals surface area contributed by atoms with E-state index in [1.807, 2.05) is 0 Å². The Hall–Kier alpha value is -3.34. The van der Waals surface area contributed by atoms with Crippen LogP contribution in [0.25, 0.3) is 0 Å². The smallest absolute Gasteiger partial charge is 0.410 e. The maximum atomic E-state index is 13.0. The molecule has 2 aromatic rings. The summed E-state index contributed by atoms with van der Waals surface area (Å²) in [5.41, 5.74) is -0.745. The molecule has 3 rings (SSSR count). The van der Waals surface area contributed by atoms with E-state index in [0.717, 1.165) is 4.31 Å². The van der Waals surface area contributed by atoms with Gasteiger partial charge in [0.2, 0.25) is 0 Å². The van der Waals surface area contributed by atoms with Crippen molar-refractivity contribution < 1.29 is 35.3 Å². The Morgan fingerprint density at radius 2 is 1.58 bits per heavy atom. The van der Waals surface area contributed by atoms with E-state index >= 15 is 0 Å². The molecule has 1 aliphatic rings. The Kier molecular flexibility index (Phi) is 8.60. The average molecular weight is 571 g/mol. The number of ether oxygens (including phenoxy) is 1. The number of nitrogens with zero attached hydrogens (tertiary/aromatic N) is 5. The number of benzene rings is 1. The van der Waals surface area contributed by atoms with Crippen molar-refractivity contribution in [2.24, 2.45) is 0 Å². The third kappa shape index (κ3) is 7.15. The normalized spacial score (nSPS) is 15.3. The van der Waals surface area contributed by atoms with Gasteiger partial charge in [0.1, 0.15) is 5.60 Å². The van der Waals surface area contributed by atoms with Crippen molar-refractivity contribution in [2.75, 3.05) is 45.6 Å². The molecule has 2 heterocycles. The van der Waals surface area contributed by atoms with Gasteiger partial charge in [0.25, 0.3) is 15.9 Å². The number of para-hydroxylation sites is 1. The predicted molar refractivity (Wildman–Crippen MR) is 136 cm³/mol. The summed E-state index contributed by atoms with van der Waals surface area (Å²) in [5, 5.41) is 9.64. The number of hydrogen-bond donors (Lipinski definition) is 1. The number of aromatic nitrogens is 2. The van der Waals surface area contributed by atoms with Gasteiger partial charge < -0.3 is 19.1 Å². The molecule has 1 aromatic carbocycles. The van der Waals surface area contributed by atoms with Crippen molar-refractivity contribution in [2.45, 2.75) is 31.4 Å². The molecule has 0 spiro atoms. The molecular weight excluding hydrogens is 540 g/mol. The maximum Gasteiger partial charge on any atom is 0.410 e. The lowest BCUT2D eigenvalue weighted by Gasteiger charge is -2.34. The number of piperazine rings is 1. The van der Waals surface area contributed by atoms with Gasteiger partial charge in [-0.15, -0.1) is 10.2 Å². The van der Waals surface area contributed by atoms with Crippen LogP contribution in [0.5, 0.6) is 5.75 Å². The highest BCUT2D eigenvalue weighted by Crippen LogP contribution is 2.22. The van der Waals surface area contributed by atoms with Gasteiger partial charge in [-0.25, -0.2) is 13.2 Å². The SMILES string of the molecule is CN(C)S(=O)(=O)Oc1ccccc1C(=O)Nc1ccc(S(=O)(=O)N2CCN(C(=O)OC(C)(C)C)CC2)nn1. The monoisotopic (exact) mass is 570 g/mol. The van der Waals surface area contributed by atoms with Gasteiger partial charge in [-0.2, -0.15) is 17.0 Å². The molecule has 38 heavy (non-hydrogen) atoms. The molecule has 1 aromatic heterocycles. The lowest BCUT2D eigenvalue weighted by atomic mass is 10.2. The van der Waals surface area contributed by atoms with Crippen molar-refractivity contribution in [3.8, 4) is 5.75 Å². The Morgan fingerprint density at radius 3 is 2.13 bits per heavy atom. The first-order valence-corrected chi connectivity index (χ1v) is 14.2. The fourth-order valence-corrected chi connectivity index (χ4v) is 5.01. The van der Waals surface area contributed by atoms with E-state index in [2.05, 4.69) is 15.5 Å². The number of anilines is 1. The van der Waals surface area contributed by atoms with Crippen molar-refractivity contribution in [3.05, 3.63) is 42.0 Å². The van der Waals surface area contributed by atoms with Crippen LogP contribution in [-0.4, -0.2) is 98.4 Å². The first-order valence-electron chi connectivity index (χ1n) is 11.4. The summed E-state index contributed by atoms with van der Waals surface area (Å²) < 4.78 is 62.5. The largest absolute Gasteiger partial charge is 0.444 e. The van der Waals surface area contributed by atoms with Crippen LogP contribution >= 0.6 is 0 Å². The highest BCUT2D eigenvalue weighted by molar-refractivity contribution is 7.89. The lowest BCUT2D eigenvalue weighted by molar-refractivity contribution is 0.0192. The molecule has 1 aliphatic heterocycles. The van der Waals surface area contributed by atoms with E-state index in [9.17, 15) is 26.4 Å². The Balaban J connectivity index is 1.67. The molecule has 0 radical (unpaired) electrons. The molecule has 0 atom stereocenters. The highest BCUT2D eigenvalue weighted by atomic mass is 32.2. The van der Waals surface area contributed by atoms with Crippen molar-refractivity contribution in [3.63, 3.8) is 0 Å². The Bertz CT molecular complexity index is 1380. The molecule has 1 fully saturated rings. The zero-order valence-corrected chi connectivity index (χ0v) is 23.2. The Morgan fingerprint density at radius 1 is 0.947 bits per heavy atom. The summed E-state index contributed by atoms with van der Waals surface area (Å²) in [6, 6.07) is 8.16. The van der Waals surface area contributed by atoms with E-state index < -0.39 is 37.9 Å². The number of rotatable bonds is 7. The quantitative estimate of drug-likeness (QED) is 0.510. The summed E-state index contributed by atoms with van der Waals surface area (Å²) in [4.78, 5) is 26.4. The van der Waals surface area contributed by atoms with Gasteiger partial charge in [0.05, 0.1) is 5.56 Å². The second-order valence-electron chi connectivity index (χ2n) is 9.40. The maximum absolute atomic E-state index is 13.0. The fraction of sp³-hybridized carbons (Fsp3) is 0.455. The van der Waals surface area contributed by atoms with Gasteiger partial charge in [0, 0.05) is 40.3 Å². The topological polar surface area (TPSA) is 168 Å². The van der Waals surface area contributed by atoms with E-state index in [1.54, 1.807) is 20.8 Å². The second-order valence-corrected chi connectivity index (χ2v) is 13.0. The standard InChI is InChI=1S/C22H30N6O8S2/c1-22(2,3)35-21(30)27-12-14-28(15-13-27)37(31,32)19-11-10-18(24-25-19)23-20(29)16-8-6-7-9-17(16)36-38(33,34)26(4)5/h6-11H,12-15H2,1-5H3,(H,23,24,29). The molecule has 16 heteroatoms. The lowest BCUT2D eigenvalue weighted by Crippen LogP contribution is -2.51. The number of hydrogen-bond acceptors (Lipinski definition) is 10. The van der Waals surface area contributed by atoms with Crippen LogP contribution < -0.4 is 9.50 Å². The van der Waals surface area contributed by atoms with Crippen molar-refractivity contribution in [1.82, 2.24) is 23.7 Å². The van der Waals surface area contributed by atoms with Gasteiger partial charge in [-0.3, -0.25) is 4.79 Å². The third-order valence-electron chi connectivity index (χ3n) is 5.15. The summed E-state index contributed by atoms with van der Waals surface area (Å²) in [7, 11) is -5.54. The molecule has 0 bridgehead atoms. The zero-order chi connectivity index (χ0) is 28.3. The fourth-order valence-electron chi connectivity index (χ4n) is 3.19. The molecule has 0 aliphatic carbocycles. The van der Waals surface area contributed by atoms with Crippen LogP contribution in [0.3, 0.4) is 0 Å². The van der Waals surface area contributed by atoms with Crippen LogP contribution in [0, 0.1) is 0 Å². The van der Waals surface area contributed by atoms with Crippen LogP contribution in [0.4, 0.5) is 10.6 Å². The molecule has 0 unspecified atom stereocenters. The van der Waals surface area contributed by atoms with Gasteiger partial charge in [0.15, 0.2) is 16.6 Å². The number of carbonyl (C=O) groups is 2. The summed E-state index contributed by atoms with van der Waals surface area (Å²) in [5.74, 6) is -0.997. The van der Waals surface area contributed by atoms with Gasteiger partial charge in [-0.05, 0) is 45.0 Å². The van der Waals surface area contributed by atoms with Gasteiger partial charge >= 0.3 is 16.4 Å². The number of carbonyl (C=O) groups excluding carboxylic acids is 2. The van der Waals surface area contributed by atoms with Gasteiger partial charge in [-0.1, -0.05) is 12.1 Å². The second kappa shape index (κ2) is 11.2. The zero-order valence-electron chi connectivity index (χ0n) is 21.6. The number of sulfonamides is 1. The number of amides is 2. The van der Waals surface area contributed by atoms with E-state index in [-0.39, 0.29) is 48.3 Å². The number of nitrogens with one attached hydrogen (secondary N) is 1. The van der Waals surface area contributed by atoms with Crippen molar-refractivity contribution in [1.29, 1.82) is 0 Å². The molecule has 1 saturated heterocycles. The third-order valence-corrected chi connectivity index (χ3v) is 8.23. The molecule has 1 N–H and O–H groups in total. The minimum Gasteiger partial charge on any atom is -0.444 e. The molecule has 2 amide bonds. The van der Waals surface area contributed by atoms with E-state index in [4.69, 9.17) is 8.92 Å².